The molecular formula is C15H27N3OS. The molecule has 0 aliphatic heterocycles. The Morgan fingerprint density at radius 2 is 2.05 bits per heavy atom. The molecule has 2 N–H and O–H groups in total. The van der Waals surface area contributed by atoms with E-state index in [0.717, 1.165) is 42.0 Å². The lowest BCUT2D eigenvalue weighted by Crippen LogP contribution is -2.14. The van der Waals surface area contributed by atoms with Gasteiger partial charge in [-0.25, -0.2) is 0 Å². The quantitative estimate of drug-likeness (QED) is 0.789. The molecular weight excluding hydrogens is 270 g/mol. The van der Waals surface area contributed by atoms with E-state index in [9.17, 15) is 0 Å². The molecule has 1 saturated carbocycles. The van der Waals surface area contributed by atoms with Crippen LogP contribution in [0.15, 0.2) is 4.52 Å². The monoisotopic (exact) mass is 297 g/mol. The molecule has 20 heavy (non-hydrogen) atoms. The Balaban J connectivity index is 1.72. The minimum Gasteiger partial charge on any atom is -0.339 e. The molecule has 1 aliphatic rings. The van der Waals surface area contributed by atoms with Gasteiger partial charge in [-0.05, 0) is 32.6 Å². The average Bonchev–Trinajstić information content (AvgIpc) is 3.07. The summed E-state index contributed by atoms with van der Waals surface area (Å²) in [6.45, 7) is 4.21. The van der Waals surface area contributed by atoms with Crippen molar-refractivity contribution in [1.82, 2.24) is 10.1 Å². The standard InChI is InChI=1S/C15H27N3OS/c1-11(6-5-7-12(2)16)15-17-14(18-19-15)10-20-13-8-3-4-9-13/h11-13H,3-10,16H2,1-2H3. The maximum Gasteiger partial charge on any atom is 0.229 e. The van der Waals surface area contributed by atoms with Crippen molar-refractivity contribution in [3.63, 3.8) is 0 Å². The molecule has 114 valence electrons. The van der Waals surface area contributed by atoms with Gasteiger partial charge in [-0.3, -0.25) is 0 Å². The van der Waals surface area contributed by atoms with E-state index in [1.807, 2.05) is 11.8 Å². The maximum atomic E-state index is 5.77. The third-order valence-electron chi connectivity index (χ3n) is 3.95. The van der Waals surface area contributed by atoms with Crippen molar-refractivity contribution in [1.29, 1.82) is 0 Å². The first kappa shape index (κ1) is 15.8. The number of hydrogen-bond donors (Lipinski definition) is 1. The highest BCUT2D eigenvalue weighted by molar-refractivity contribution is 7.99. The Hall–Kier alpha value is -0.550. The third kappa shape index (κ3) is 5.09. The highest BCUT2D eigenvalue weighted by Crippen LogP contribution is 2.31. The van der Waals surface area contributed by atoms with E-state index in [2.05, 4.69) is 24.0 Å². The number of aromatic nitrogens is 2. The first-order valence-corrected chi connectivity index (χ1v) is 8.89. The SMILES string of the molecule is CC(N)CCCC(C)c1nc(CSC2CCCC2)no1. The Bertz CT molecular complexity index is 388. The van der Waals surface area contributed by atoms with Gasteiger partial charge in [-0.2, -0.15) is 16.7 Å². The van der Waals surface area contributed by atoms with E-state index in [1.165, 1.54) is 25.7 Å². The van der Waals surface area contributed by atoms with Gasteiger partial charge >= 0.3 is 0 Å². The minimum absolute atomic E-state index is 0.281. The predicted molar refractivity (Wildman–Crippen MR) is 83.8 cm³/mol. The molecule has 1 fully saturated rings. The second kappa shape index (κ2) is 8.03. The van der Waals surface area contributed by atoms with Crippen LogP contribution >= 0.6 is 11.8 Å². The lowest BCUT2D eigenvalue weighted by molar-refractivity contribution is 0.347. The van der Waals surface area contributed by atoms with Gasteiger partial charge in [0, 0.05) is 17.2 Å². The molecule has 1 aromatic rings. The smallest absolute Gasteiger partial charge is 0.229 e. The number of hydrogen-bond acceptors (Lipinski definition) is 5. The number of rotatable bonds is 8. The van der Waals surface area contributed by atoms with Crippen molar-refractivity contribution in [2.45, 2.75) is 81.8 Å². The Morgan fingerprint density at radius 1 is 1.30 bits per heavy atom. The molecule has 1 aromatic heterocycles. The van der Waals surface area contributed by atoms with E-state index < -0.39 is 0 Å². The lowest BCUT2D eigenvalue weighted by Gasteiger charge is -2.07. The van der Waals surface area contributed by atoms with Gasteiger partial charge in [0.25, 0.3) is 0 Å². The molecule has 2 rings (SSSR count). The zero-order valence-corrected chi connectivity index (χ0v) is 13.5. The van der Waals surface area contributed by atoms with Crippen LogP contribution in [-0.2, 0) is 5.75 Å². The summed E-state index contributed by atoms with van der Waals surface area (Å²) in [6.07, 6.45) is 8.71. The van der Waals surface area contributed by atoms with Crippen LogP contribution < -0.4 is 5.73 Å². The molecule has 0 bridgehead atoms. The van der Waals surface area contributed by atoms with Crippen LogP contribution in [0.4, 0.5) is 0 Å². The summed E-state index contributed by atoms with van der Waals surface area (Å²) in [5.41, 5.74) is 5.77. The van der Waals surface area contributed by atoms with Crippen LogP contribution in [0.3, 0.4) is 0 Å². The third-order valence-corrected chi connectivity index (χ3v) is 5.32. The summed E-state index contributed by atoms with van der Waals surface area (Å²) in [6, 6.07) is 0.281. The van der Waals surface area contributed by atoms with E-state index in [-0.39, 0.29) is 6.04 Å². The van der Waals surface area contributed by atoms with E-state index in [0.29, 0.717) is 5.92 Å². The molecule has 4 nitrogen and oxygen atoms in total. The van der Waals surface area contributed by atoms with Crippen LogP contribution in [-0.4, -0.2) is 21.4 Å². The molecule has 2 atom stereocenters. The number of nitrogens with zero attached hydrogens (tertiary/aromatic N) is 2. The molecule has 0 spiro atoms. The number of thioether (sulfide) groups is 1. The van der Waals surface area contributed by atoms with Crippen LogP contribution in [0.25, 0.3) is 0 Å². The second-order valence-corrected chi connectivity index (χ2v) is 7.36. The average molecular weight is 297 g/mol. The molecule has 1 heterocycles. The van der Waals surface area contributed by atoms with Gasteiger partial charge in [0.1, 0.15) is 0 Å². The van der Waals surface area contributed by atoms with Crippen LogP contribution in [0.5, 0.6) is 0 Å². The summed E-state index contributed by atoms with van der Waals surface area (Å²) in [5, 5.41) is 4.92. The second-order valence-electron chi connectivity index (χ2n) is 6.08. The number of nitrogens with two attached hydrogens (primary N) is 1. The zero-order chi connectivity index (χ0) is 14.4. The summed E-state index contributed by atoms with van der Waals surface area (Å²) in [4.78, 5) is 4.54. The van der Waals surface area contributed by atoms with Crippen LogP contribution in [0.2, 0.25) is 0 Å². The Labute approximate surface area is 126 Å². The normalized spacial score (nSPS) is 19.4. The van der Waals surface area contributed by atoms with Gasteiger partial charge < -0.3 is 10.3 Å². The van der Waals surface area contributed by atoms with Gasteiger partial charge in [0.2, 0.25) is 5.89 Å². The van der Waals surface area contributed by atoms with Crippen molar-refractivity contribution >= 4 is 11.8 Å². The van der Waals surface area contributed by atoms with Crippen LogP contribution in [0, 0.1) is 0 Å². The van der Waals surface area contributed by atoms with Gasteiger partial charge in [-0.1, -0.05) is 31.3 Å². The fraction of sp³-hybridized carbons (Fsp3) is 0.867. The lowest BCUT2D eigenvalue weighted by atomic mass is 10.0. The summed E-state index contributed by atoms with van der Waals surface area (Å²) in [5.74, 6) is 2.87. The van der Waals surface area contributed by atoms with Gasteiger partial charge in [0.15, 0.2) is 5.82 Å². The molecule has 0 saturated heterocycles. The van der Waals surface area contributed by atoms with Crippen molar-refractivity contribution in [2.75, 3.05) is 0 Å². The zero-order valence-electron chi connectivity index (χ0n) is 12.7. The van der Waals surface area contributed by atoms with E-state index in [4.69, 9.17) is 10.3 Å². The highest BCUT2D eigenvalue weighted by atomic mass is 32.2. The largest absolute Gasteiger partial charge is 0.339 e. The molecule has 5 heteroatoms. The van der Waals surface area contributed by atoms with Gasteiger partial charge in [-0.15, -0.1) is 0 Å². The predicted octanol–water partition coefficient (Wildman–Crippen LogP) is 3.87. The summed E-state index contributed by atoms with van der Waals surface area (Å²) in [7, 11) is 0. The summed E-state index contributed by atoms with van der Waals surface area (Å²) >= 11 is 1.98. The van der Waals surface area contributed by atoms with Crippen molar-refractivity contribution in [2.24, 2.45) is 5.73 Å². The Morgan fingerprint density at radius 3 is 2.75 bits per heavy atom. The van der Waals surface area contributed by atoms with E-state index >= 15 is 0 Å². The van der Waals surface area contributed by atoms with Crippen molar-refractivity contribution in [3.8, 4) is 0 Å². The fourth-order valence-corrected chi connectivity index (χ4v) is 3.81. The minimum atomic E-state index is 0.281. The fourth-order valence-electron chi connectivity index (χ4n) is 2.64. The van der Waals surface area contributed by atoms with Gasteiger partial charge in [0.05, 0.1) is 5.75 Å². The molecule has 1 aliphatic carbocycles. The van der Waals surface area contributed by atoms with E-state index in [1.54, 1.807) is 0 Å². The van der Waals surface area contributed by atoms with Crippen LogP contribution in [0.1, 0.15) is 76.4 Å². The highest BCUT2D eigenvalue weighted by Gasteiger charge is 2.18. The molecule has 0 radical (unpaired) electrons. The maximum absolute atomic E-state index is 5.77. The molecule has 2 unspecified atom stereocenters. The van der Waals surface area contributed by atoms with Crippen molar-refractivity contribution < 1.29 is 4.52 Å². The van der Waals surface area contributed by atoms with Crippen molar-refractivity contribution in [3.05, 3.63) is 11.7 Å². The Kier molecular flexibility index (Phi) is 6.36. The topological polar surface area (TPSA) is 64.9 Å². The molecule has 0 amide bonds. The summed E-state index contributed by atoms with van der Waals surface area (Å²) < 4.78 is 5.39. The molecule has 0 aromatic carbocycles. The first-order chi connectivity index (χ1) is 9.65. The first-order valence-electron chi connectivity index (χ1n) is 7.85.